The molecule has 0 aliphatic rings. The van der Waals surface area contributed by atoms with Crippen molar-refractivity contribution in [3.8, 4) is 5.69 Å². The van der Waals surface area contributed by atoms with E-state index in [1.54, 1.807) is 0 Å². The second kappa shape index (κ2) is 3.49. The van der Waals surface area contributed by atoms with Gasteiger partial charge in [0.2, 0.25) is 5.69 Å². The average molecular weight is 190 g/mol. The highest BCUT2D eigenvalue weighted by Gasteiger charge is 2.13. The van der Waals surface area contributed by atoms with E-state index in [2.05, 4.69) is 9.79 Å². The Bertz CT molecular complexity index is 470. The van der Waals surface area contributed by atoms with Gasteiger partial charge in [0.25, 0.3) is 5.69 Å². The Labute approximate surface area is 80.7 Å². The second-order valence-electron chi connectivity index (χ2n) is 2.91. The number of para-hydroxylation sites is 1. The molecule has 2 rings (SSSR count). The van der Waals surface area contributed by atoms with E-state index in [-0.39, 0.29) is 5.63 Å². The van der Waals surface area contributed by atoms with Crippen molar-refractivity contribution in [2.75, 3.05) is 0 Å². The van der Waals surface area contributed by atoms with E-state index in [1.165, 1.54) is 4.68 Å². The van der Waals surface area contributed by atoms with Crippen molar-refractivity contribution >= 4 is 0 Å². The van der Waals surface area contributed by atoms with Gasteiger partial charge < -0.3 is 4.52 Å². The molecule has 0 atom stereocenters. The molecule has 0 aliphatic carbocycles. The molecule has 0 amide bonds. The molecule has 4 heteroatoms. The van der Waals surface area contributed by atoms with Gasteiger partial charge in [-0.3, -0.25) is 0 Å². The Morgan fingerprint density at radius 1 is 1.36 bits per heavy atom. The van der Waals surface area contributed by atoms with Crippen LogP contribution in [-0.2, 0) is 6.42 Å². The van der Waals surface area contributed by atoms with E-state index < -0.39 is 0 Å². The minimum absolute atomic E-state index is 0.364. The van der Waals surface area contributed by atoms with Gasteiger partial charge in [-0.05, 0) is 0 Å². The third-order valence-electron chi connectivity index (χ3n) is 2.03. The van der Waals surface area contributed by atoms with Crippen LogP contribution < -0.4 is 15.6 Å². The zero-order valence-corrected chi connectivity index (χ0v) is 7.80. The summed E-state index contributed by atoms with van der Waals surface area (Å²) in [5, 5.41) is 3.69. The maximum absolute atomic E-state index is 11.2. The molecule has 0 saturated heterocycles. The molecule has 0 radical (unpaired) electrons. The highest BCUT2D eigenvalue weighted by molar-refractivity contribution is 5.21. The smallest absolute Gasteiger partial charge is 0.392 e. The van der Waals surface area contributed by atoms with Crippen LogP contribution in [-0.4, -0.2) is 0 Å². The Hall–Kier alpha value is -1.84. The summed E-state index contributed by atoms with van der Waals surface area (Å²) in [5.41, 5.74) is 1.04. The Balaban J connectivity index is 2.57. The maximum atomic E-state index is 11.2. The fourth-order valence-electron chi connectivity index (χ4n) is 1.33. The fraction of sp³-hybridized carbons (Fsp3) is 0.200. The molecule has 14 heavy (non-hydrogen) atoms. The van der Waals surface area contributed by atoms with Crippen LogP contribution in [0.2, 0.25) is 0 Å². The zero-order chi connectivity index (χ0) is 9.97. The molecule has 0 spiro atoms. The lowest BCUT2D eigenvalue weighted by atomic mass is 10.3. The van der Waals surface area contributed by atoms with Gasteiger partial charge in [0.1, 0.15) is 0 Å². The average Bonchev–Trinajstić information content (AvgIpc) is 2.61. The molecule has 1 aromatic heterocycles. The molecule has 0 bridgehead atoms. The lowest BCUT2D eigenvalue weighted by Crippen LogP contribution is -2.39. The van der Waals surface area contributed by atoms with Crippen molar-refractivity contribution in [3.05, 3.63) is 46.4 Å². The van der Waals surface area contributed by atoms with Crippen LogP contribution >= 0.6 is 0 Å². The third kappa shape index (κ3) is 1.35. The minimum atomic E-state index is -0.364. The van der Waals surface area contributed by atoms with Crippen LogP contribution in [0.3, 0.4) is 0 Å². The SMILES string of the molecule is CCc1c(=O)o[n-][n+]1-c1ccccc1. The summed E-state index contributed by atoms with van der Waals surface area (Å²) in [7, 11) is 0. The molecule has 1 aromatic carbocycles. The van der Waals surface area contributed by atoms with Crippen molar-refractivity contribution < 1.29 is 9.20 Å². The van der Waals surface area contributed by atoms with Gasteiger partial charge in [0, 0.05) is 18.6 Å². The summed E-state index contributed by atoms with van der Waals surface area (Å²) in [4.78, 5) is 11.2. The van der Waals surface area contributed by atoms with Gasteiger partial charge in [0.05, 0.1) is 0 Å². The monoisotopic (exact) mass is 190 g/mol. The number of benzene rings is 1. The topological polar surface area (TPSA) is 48.2 Å². The predicted octanol–water partition coefficient (Wildman–Crippen LogP) is 0.436. The van der Waals surface area contributed by atoms with E-state index in [0.29, 0.717) is 12.1 Å². The van der Waals surface area contributed by atoms with Crippen molar-refractivity contribution in [2.24, 2.45) is 0 Å². The fourth-order valence-corrected chi connectivity index (χ4v) is 1.33. The molecular weight excluding hydrogens is 180 g/mol. The van der Waals surface area contributed by atoms with Crippen LogP contribution in [0.4, 0.5) is 0 Å². The number of nitrogens with zero attached hydrogens (tertiary/aromatic N) is 2. The van der Waals surface area contributed by atoms with Crippen molar-refractivity contribution in [1.82, 2.24) is 5.27 Å². The zero-order valence-electron chi connectivity index (χ0n) is 7.80. The van der Waals surface area contributed by atoms with Crippen molar-refractivity contribution in [1.29, 1.82) is 0 Å². The molecule has 0 aliphatic heterocycles. The van der Waals surface area contributed by atoms with Crippen LogP contribution in [0.15, 0.2) is 39.6 Å². The first kappa shape index (κ1) is 8.74. The lowest BCUT2D eigenvalue weighted by molar-refractivity contribution is -0.683. The first-order chi connectivity index (χ1) is 6.83. The van der Waals surface area contributed by atoms with Gasteiger partial charge >= 0.3 is 5.63 Å². The lowest BCUT2D eigenvalue weighted by Gasteiger charge is -1.97. The van der Waals surface area contributed by atoms with Gasteiger partial charge in [-0.1, -0.05) is 25.1 Å². The summed E-state index contributed by atoms with van der Waals surface area (Å²) in [6.07, 6.45) is 0.608. The quantitative estimate of drug-likeness (QED) is 0.645. The van der Waals surface area contributed by atoms with E-state index in [0.717, 1.165) is 5.69 Å². The summed E-state index contributed by atoms with van der Waals surface area (Å²) < 4.78 is 6.13. The number of hydrogen-bond acceptors (Lipinski definition) is 2. The van der Waals surface area contributed by atoms with Crippen molar-refractivity contribution in [2.45, 2.75) is 13.3 Å². The molecule has 2 aromatic rings. The second-order valence-corrected chi connectivity index (χ2v) is 2.91. The predicted molar refractivity (Wildman–Crippen MR) is 49.2 cm³/mol. The molecular formula is C10H10N2O2. The highest BCUT2D eigenvalue weighted by Crippen LogP contribution is 1.97. The van der Waals surface area contributed by atoms with Gasteiger partial charge in [-0.15, -0.1) is 0 Å². The van der Waals surface area contributed by atoms with Gasteiger partial charge in [-0.25, -0.2) is 14.7 Å². The molecule has 1 heterocycles. The summed E-state index contributed by atoms with van der Waals surface area (Å²) in [5.74, 6) is 0. The molecule has 4 nitrogen and oxygen atoms in total. The number of hydrogen-bond donors (Lipinski definition) is 0. The van der Waals surface area contributed by atoms with Crippen LogP contribution in [0.1, 0.15) is 12.6 Å². The van der Waals surface area contributed by atoms with Crippen LogP contribution in [0, 0.1) is 0 Å². The maximum Gasteiger partial charge on any atom is 0.392 e. The number of aromatic nitrogens is 2. The summed E-state index contributed by atoms with van der Waals surface area (Å²) in [6.45, 7) is 1.90. The molecule has 72 valence electrons. The van der Waals surface area contributed by atoms with Gasteiger partial charge in [-0.2, -0.15) is 0 Å². The van der Waals surface area contributed by atoms with Crippen LogP contribution in [0.5, 0.6) is 0 Å². The van der Waals surface area contributed by atoms with Crippen LogP contribution in [0.25, 0.3) is 5.69 Å². The number of rotatable bonds is 2. The van der Waals surface area contributed by atoms with E-state index >= 15 is 0 Å². The summed E-state index contributed by atoms with van der Waals surface area (Å²) >= 11 is 0. The highest BCUT2D eigenvalue weighted by atomic mass is 16.5. The Morgan fingerprint density at radius 3 is 2.71 bits per heavy atom. The molecule has 0 fully saturated rings. The van der Waals surface area contributed by atoms with Crippen molar-refractivity contribution in [3.63, 3.8) is 0 Å². The van der Waals surface area contributed by atoms with Gasteiger partial charge in [0.15, 0.2) is 0 Å². The first-order valence-electron chi connectivity index (χ1n) is 4.46. The third-order valence-corrected chi connectivity index (χ3v) is 2.03. The van der Waals surface area contributed by atoms with E-state index in [9.17, 15) is 4.79 Å². The first-order valence-corrected chi connectivity index (χ1v) is 4.46. The molecule has 0 unspecified atom stereocenters. The normalized spacial score (nSPS) is 10.4. The Kier molecular flexibility index (Phi) is 2.18. The molecule has 0 N–H and O–H groups in total. The summed E-state index contributed by atoms with van der Waals surface area (Å²) in [6, 6.07) is 9.44. The molecule has 0 saturated carbocycles. The Morgan fingerprint density at radius 2 is 2.07 bits per heavy atom. The van der Waals surface area contributed by atoms with E-state index in [4.69, 9.17) is 0 Å². The largest absolute Gasteiger partial charge is 0.470 e. The van der Waals surface area contributed by atoms with E-state index in [1.807, 2.05) is 37.3 Å². The minimum Gasteiger partial charge on any atom is -0.470 e. The standard InChI is InChI=1S/C10H10N2O2/c1-2-9-10(13)14-11-12(9)8-6-4-3-5-7-8/h3-7H,2H2,1H3.